The third-order valence-corrected chi connectivity index (χ3v) is 11.1. The quantitative estimate of drug-likeness (QED) is 0.223. The van der Waals surface area contributed by atoms with Crippen molar-refractivity contribution in [2.45, 2.75) is 75.3 Å². The van der Waals surface area contributed by atoms with E-state index in [1.54, 1.807) is 21.7 Å². The molecule has 0 aliphatic carbocycles. The number of nitrogens with zero attached hydrogens (tertiary/aromatic N) is 4. The van der Waals surface area contributed by atoms with Crippen LogP contribution in [0.25, 0.3) is 0 Å². The second-order valence-corrected chi connectivity index (χ2v) is 14.1. The molecule has 5 aliphatic rings. The summed E-state index contributed by atoms with van der Waals surface area (Å²) in [6, 6.07) is 7.92. The molecule has 12 nitrogen and oxygen atoms in total. The smallest absolute Gasteiger partial charge is 0.313 e. The molecule has 5 bridgehead atoms. The van der Waals surface area contributed by atoms with Gasteiger partial charge in [0.25, 0.3) is 0 Å². The molecular weight excluding hydrogens is 640 g/mol. The van der Waals surface area contributed by atoms with Crippen LogP contribution in [0.3, 0.4) is 0 Å². The van der Waals surface area contributed by atoms with Gasteiger partial charge in [0.05, 0.1) is 31.3 Å². The molecule has 3 saturated heterocycles. The van der Waals surface area contributed by atoms with Crippen LogP contribution in [-0.2, 0) is 33.4 Å². The van der Waals surface area contributed by atoms with Gasteiger partial charge in [0, 0.05) is 59.3 Å². The fraction of sp³-hybridized carbons (Fsp3) is 0.632. The van der Waals surface area contributed by atoms with E-state index in [0.29, 0.717) is 58.7 Å². The van der Waals surface area contributed by atoms with Gasteiger partial charge in [-0.25, -0.2) is 0 Å². The molecule has 50 heavy (non-hydrogen) atoms. The summed E-state index contributed by atoms with van der Waals surface area (Å²) in [7, 11) is 1.72. The first-order chi connectivity index (χ1) is 24.3. The normalized spacial score (nSPS) is 32.9. The molecule has 1 spiro atoms. The lowest BCUT2D eigenvalue weighted by Crippen LogP contribution is -2.57. The summed E-state index contributed by atoms with van der Waals surface area (Å²) in [6.07, 6.45) is 9.70. The van der Waals surface area contributed by atoms with Gasteiger partial charge in [-0.15, -0.1) is 0 Å². The van der Waals surface area contributed by atoms with Crippen molar-refractivity contribution in [1.82, 2.24) is 19.6 Å². The van der Waals surface area contributed by atoms with Gasteiger partial charge in [0.15, 0.2) is 0 Å². The molecule has 1 N–H and O–H groups in total. The molecule has 0 aromatic heterocycles. The number of rotatable bonds is 10. The topological polar surface area (TPSA) is 129 Å². The monoisotopic (exact) mass is 692 g/mol. The predicted molar refractivity (Wildman–Crippen MR) is 184 cm³/mol. The molecule has 1 aromatic rings. The number of carbonyl (C=O) groups excluding carboxylic acids is 4. The number of hydrogen-bond donors (Lipinski definition) is 1. The van der Waals surface area contributed by atoms with E-state index in [-0.39, 0.29) is 30.7 Å². The van der Waals surface area contributed by atoms with Gasteiger partial charge in [-0.1, -0.05) is 67.5 Å². The average molecular weight is 693 g/mol. The number of benzene rings is 1. The molecule has 7 atom stereocenters. The van der Waals surface area contributed by atoms with Gasteiger partial charge in [0.1, 0.15) is 23.7 Å². The third-order valence-electron chi connectivity index (χ3n) is 11.1. The highest BCUT2D eigenvalue weighted by Gasteiger charge is 2.73. The Morgan fingerprint density at radius 3 is 2.44 bits per heavy atom. The Kier molecular flexibility index (Phi) is 11.7. The maximum atomic E-state index is 14.9. The first-order valence-electron chi connectivity index (χ1n) is 18.3. The Morgan fingerprint density at radius 1 is 0.920 bits per heavy atom. The lowest BCUT2D eigenvalue weighted by molar-refractivity contribution is -0.164. The highest BCUT2D eigenvalue weighted by atomic mass is 16.6. The van der Waals surface area contributed by atoms with Gasteiger partial charge in [-0.2, -0.15) is 0 Å². The van der Waals surface area contributed by atoms with E-state index in [1.807, 2.05) is 61.6 Å². The summed E-state index contributed by atoms with van der Waals surface area (Å²) in [5.41, 5.74) is -0.560. The third kappa shape index (κ3) is 7.26. The fourth-order valence-corrected chi connectivity index (χ4v) is 8.18. The number of esters is 1. The minimum Gasteiger partial charge on any atom is -0.455 e. The van der Waals surface area contributed by atoms with Crippen molar-refractivity contribution < 1.29 is 38.5 Å². The number of likely N-dealkylation sites (N-methyl/N-ethyl adjacent to an activating group) is 1. The number of morpholine rings is 1. The fourth-order valence-electron chi connectivity index (χ4n) is 8.18. The van der Waals surface area contributed by atoms with E-state index in [2.05, 4.69) is 4.90 Å². The molecule has 5 heterocycles. The van der Waals surface area contributed by atoms with Crippen molar-refractivity contribution in [1.29, 1.82) is 0 Å². The number of fused-ring (bicyclic) bond motifs is 2. The second-order valence-electron chi connectivity index (χ2n) is 14.1. The number of amides is 3. The van der Waals surface area contributed by atoms with Gasteiger partial charge in [-0.05, 0) is 31.7 Å². The first-order valence-corrected chi connectivity index (χ1v) is 18.3. The number of aliphatic hydroxyl groups is 1. The van der Waals surface area contributed by atoms with Crippen LogP contribution in [0.4, 0.5) is 0 Å². The summed E-state index contributed by atoms with van der Waals surface area (Å²) in [5, 5.41) is 9.29. The number of ether oxygens (including phenoxy) is 3. The Labute approximate surface area is 295 Å². The lowest BCUT2D eigenvalue weighted by Gasteiger charge is -2.37. The van der Waals surface area contributed by atoms with E-state index in [9.17, 15) is 24.3 Å². The van der Waals surface area contributed by atoms with Crippen molar-refractivity contribution in [3.63, 3.8) is 0 Å². The Balaban J connectivity index is 1.36. The number of cyclic esters (lactones) is 1. The van der Waals surface area contributed by atoms with Gasteiger partial charge >= 0.3 is 5.97 Å². The molecule has 0 saturated carbocycles. The summed E-state index contributed by atoms with van der Waals surface area (Å²) < 4.78 is 18.5. The Morgan fingerprint density at radius 2 is 1.68 bits per heavy atom. The summed E-state index contributed by atoms with van der Waals surface area (Å²) >= 11 is 0. The first kappa shape index (κ1) is 36.2. The molecule has 0 unspecified atom stereocenters. The van der Waals surface area contributed by atoms with E-state index in [1.165, 1.54) is 0 Å². The Bertz CT molecular complexity index is 1430. The van der Waals surface area contributed by atoms with Crippen LogP contribution in [0.15, 0.2) is 54.6 Å². The van der Waals surface area contributed by atoms with Crippen LogP contribution in [0.1, 0.15) is 57.1 Å². The number of unbranched alkanes of at least 4 members (excludes halogenated alkanes) is 3. The van der Waals surface area contributed by atoms with E-state index in [0.717, 1.165) is 31.5 Å². The van der Waals surface area contributed by atoms with Crippen LogP contribution in [0, 0.1) is 11.8 Å². The molecule has 1 aromatic carbocycles. The largest absolute Gasteiger partial charge is 0.455 e. The van der Waals surface area contributed by atoms with Crippen LogP contribution in [0.5, 0.6) is 0 Å². The molecule has 3 fully saturated rings. The number of likely N-dealkylation sites (tertiary alicyclic amines) is 1. The highest BCUT2D eigenvalue weighted by molar-refractivity contribution is 5.99. The molecule has 5 aliphatic heterocycles. The zero-order valence-corrected chi connectivity index (χ0v) is 29.4. The van der Waals surface area contributed by atoms with Crippen molar-refractivity contribution in [3.05, 3.63) is 60.2 Å². The minimum absolute atomic E-state index is 0.0855. The van der Waals surface area contributed by atoms with Crippen LogP contribution >= 0.6 is 0 Å². The molecule has 6 rings (SSSR count). The molecule has 3 amide bonds. The lowest BCUT2D eigenvalue weighted by atomic mass is 9.74. The summed E-state index contributed by atoms with van der Waals surface area (Å²) in [5.74, 6) is -3.02. The predicted octanol–water partition coefficient (Wildman–Crippen LogP) is 2.33. The van der Waals surface area contributed by atoms with Gasteiger partial charge < -0.3 is 34.0 Å². The number of hydrogen-bond acceptors (Lipinski definition) is 9. The summed E-state index contributed by atoms with van der Waals surface area (Å²) in [6.45, 7) is 6.56. The summed E-state index contributed by atoms with van der Waals surface area (Å²) in [4.78, 5) is 64.5. The van der Waals surface area contributed by atoms with Crippen LogP contribution in [-0.4, -0.2) is 138 Å². The SMILES string of the molecule is C[C@@H]1[C@@H](c2ccccc2)OC(=O)[C@@H]2[C@@H]3C=C[C@]4(O3)[C@H](C(=O)N(CCN3CCOCC3)C/C=C\CCC(=O)N1C)N(CCCCCCO)C(=O)[C@@H]24. The number of allylic oxidation sites excluding steroid dienone is 1. The van der Waals surface area contributed by atoms with Crippen molar-refractivity contribution >= 4 is 23.7 Å². The molecule has 0 radical (unpaired) electrons. The van der Waals surface area contributed by atoms with E-state index >= 15 is 0 Å². The van der Waals surface area contributed by atoms with Gasteiger partial charge in [0.2, 0.25) is 17.7 Å². The van der Waals surface area contributed by atoms with Gasteiger partial charge in [-0.3, -0.25) is 24.1 Å². The van der Waals surface area contributed by atoms with E-state index in [4.69, 9.17) is 14.2 Å². The molecule has 272 valence electrons. The molecule has 12 heteroatoms. The zero-order valence-electron chi connectivity index (χ0n) is 29.4. The number of carbonyl (C=O) groups is 4. The van der Waals surface area contributed by atoms with E-state index < -0.39 is 47.7 Å². The molecular formula is C38H52N4O8. The minimum atomic E-state index is -1.30. The van der Waals surface area contributed by atoms with Crippen molar-refractivity contribution in [3.8, 4) is 0 Å². The zero-order chi connectivity index (χ0) is 35.3. The standard InChI is InChI=1S/C38H52N4O8/c1-27-33(28-13-7-5-8-14-28)49-37(47)31-29-16-17-38(50-29)32(31)35(45)42(19-11-3-4-12-24-43)34(38)36(46)41(21-20-40-22-25-48-26-23-40)18-10-6-9-15-30(44)39(27)2/h5-8,10,13-14,16-17,27,29,31-34,43H,3-4,9,11-12,15,18-26H2,1-2H3/b10-6-/t27-,29+,31-,32-,33+,34+,38-/m1/s1. The highest BCUT2D eigenvalue weighted by Crippen LogP contribution is 2.56. The van der Waals surface area contributed by atoms with Crippen molar-refractivity contribution in [2.24, 2.45) is 11.8 Å². The maximum Gasteiger partial charge on any atom is 0.313 e. The van der Waals surface area contributed by atoms with Crippen LogP contribution < -0.4 is 0 Å². The Hall–Kier alpha value is -3.58. The number of aliphatic hydroxyl groups excluding tert-OH is 1. The van der Waals surface area contributed by atoms with Crippen molar-refractivity contribution in [2.75, 3.05) is 66.1 Å². The second kappa shape index (κ2) is 16.2. The maximum absolute atomic E-state index is 14.9. The average Bonchev–Trinajstić information content (AvgIpc) is 3.78. The van der Waals surface area contributed by atoms with Crippen LogP contribution in [0.2, 0.25) is 0 Å².